The third kappa shape index (κ3) is 2.53. The largest absolute Gasteiger partial charge is 0.371 e. The molecule has 17 heavy (non-hydrogen) atoms. The molecule has 2 nitrogen and oxygen atoms in total. The van der Waals surface area contributed by atoms with Crippen LogP contribution in [0, 0.1) is 5.41 Å². The Labute approximate surface area is 111 Å². The number of halogens is 1. The van der Waals surface area contributed by atoms with E-state index in [-0.39, 0.29) is 6.10 Å². The molecule has 1 saturated carbocycles. The van der Waals surface area contributed by atoms with E-state index in [9.17, 15) is 0 Å². The fourth-order valence-corrected chi connectivity index (χ4v) is 4.10. The van der Waals surface area contributed by atoms with Crippen LogP contribution in [-0.4, -0.2) is 19.7 Å². The molecule has 1 aromatic rings. The van der Waals surface area contributed by atoms with Gasteiger partial charge >= 0.3 is 0 Å². The van der Waals surface area contributed by atoms with Crippen LogP contribution in [0.3, 0.4) is 0 Å². The van der Waals surface area contributed by atoms with Crippen LogP contribution in [0.4, 0.5) is 0 Å². The molecule has 1 unspecified atom stereocenters. The molecule has 0 aromatic carbocycles. The summed E-state index contributed by atoms with van der Waals surface area (Å²) in [6.07, 6.45) is 5.55. The van der Waals surface area contributed by atoms with Crippen molar-refractivity contribution in [1.29, 1.82) is 0 Å². The molecule has 94 valence electrons. The summed E-state index contributed by atoms with van der Waals surface area (Å²) in [7, 11) is 0. The van der Waals surface area contributed by atoms with Crippen molar-refractivity contribution in [2.75, 3.05) is 19.7 Å². The summed E-state index contributed by atoms with van der Waals surface area (Å²) in [5, 5.41) is 3.58. The number of rotatable bonds is 1. The lowest BCUT2D eigenvalue weighted by molar-refractivity contribution is 0.0175. The van der Waals surface area contributed by atoms with E-state index >= 15 is 0 Å². The van der Waals surface area contributed by atoms with Gasteiger partial charge in [0, 0.05) is 23.4 Å². The van der Waals surface area contributed by atoms with Crippen molar-refractivity contribution >= 4 is 22.9 Å². The van der Waals surface area contributed by atoms with Crippen LogP contribution in [0.25, 0.3) is 0 Å². The van der Waals surface area contributed by atoms with Crippen LogP contribution in [0.1, 0.15) is 36.7 Å². The van der Waals surface area contributed by atoms with Crippen molar-refractivity contribution in [2.24, 2.45) is 5.41 Å². The maximum atomic E-state index is 6.13. The quantitative estimate of drug-likeness (QED) is 0.842. The summed E-state index contributed by atoms with van der Waals surface area (Å²) >= 11 is 7.62. The van der Waals surface area contributed by atoms with Crippen molar-refractivity contribution in [3.05, 3.63) is 21.3 Å². The smallest absolute Gasteiger partial charge is 0.104 e. The molecule has 1 atom stereocenters. The standard InChI is InChI=1S/C13H18ClNOS/c14-12-4-3-11(17-12)10-7-15-8-13(9-16-10)5-1-2-6-13/h3-4,10,15H,1-2,5-9H2. The fraction of sp³-hybridized carbons (Fsp3) is 0.692. The van der Waals surface area contributed by atoms with Gasteiger partial charge in [0.05, 0.1) is 10.9 Å². The Morgan fingerprint density at radius 3 is 2.88 bits per heavy atom. The van der Waals surface area contributed by atoms with Crippen LogP contribution >= 0.6 is 22.9 Å². The molecule has 1 aliphatic heterocycles. The summed E-state index contributed by atoms with van der Waals surface area (Å²) in [5.41, 5.74) is 0.413. The molecular weight excluding hydrogens is 254 g/mol. The Morgan fingerprint density at radius 2 is 2.18 bits per heavy atom. The second-order valence-corrected chi connectivity index (χ2v) is 7.03. The van der Waals surface area contributed by atoms with Gasteiger partial charge in [-0.15, -0.1) is 11.3 Å². The van der Waals surface area contributed by atoms with Gasteiger partial charge in [0.2, 0.25) is 0 Å². The zero-order valence-electron chi connectivity index (χ0n) is 9.88. The normalized spacial score (nSPS) is 28.4. The second kappa shape index (κ2) is 4.88. The third-order valence-electron chi connectivity index (χ3n) is 4.00. The van der Waals surface area contributed by atoms with E-state index in [1.54, 1.807) is 11.3 Å². The Morgan fingerprint density at radius 1 is 1.35 bits per heavy atom. The summed E-state index contributed by atoms with van der Waals surface area (Å²) < 4.78 is 6.98. The average molecular weight is 272 g/mol. The van der Waals surface area contributed by atoms with Crippen molar-refractivity contribution in [1.82, 2.24) is 5.32 Å². The molecular formula is C13H18ClNOS. The Bertz CT molecular complexity index is 387. The molecule has 4 heteroatoms. The van der Waals surface area contributed by atoms with Gasteiger partial charge in [-0.05, 0) is 25.0 Å². The third-order valence-corrected chi connectivity index (χ3v) is 5.32. The van der Waals surface area contributed by atoms with E-state index < -0.39 is 0 Å². The maximum absolute atomic E-state index is 6.13. The predicted molar refractivity (Wildman–Crippen MR) is 71.8 cm³/mol. The zero-order chi connectivity index (χ0) is 11.7. The van der Waals surface area contributed by atoms with Crippen LogP contribution in [0.2, 0.25) is 4.34 Å². The first kappa shape index (κ1) is 12.0. The van der Waals surface area contributed by atoms with Gasteiger partial charge in [0.15, 0.2) is 0 Å². The molecule has 3 rings (SSSR count). The SMILES string of the molecule is Clc1ccc(C2CNCC3(CCCC3)CO2)s1. The molecule has 2 heterocycles. The van der Waals surface area contributed by atoms with E-state index in [0.29, 0.717) is 5.41 Å². The average Bonchev–Trinajstić information content (AvgIpc) is 2.87. The van der Waals surface area contributed by atoms with Crippen LogP contribution < -0.4 is 5.32 Å². The highest BCUT2D eigenvalue weighted by molar-refractivity contribution is 7.16. The Balaban J connectivity index is 1.69. The Kier molecular flexibility index (Phi) is 3.44. The first-order valence-electron chi connectivity index (χ1n) is 6.35. The van der Waals surface area contributed by atoms with Gasteiger partial charge in [-0.2, -0.15) is 0 Å². The molecule has 0 bridgehead atoms. The predicted octanol–water partition coefficient (Wildman–Crippen LogP) is 3.62. The van der Waals surface area contributed by atoms with Gasteiger partial charge in [-0.1, -0.05) is 24.4 Å². The molecule has 0 amide bonds. The number of hydrogen-bond acceptors (Lipinski definition) is 3. The second-order valence-electron chi connectivity index (χ2n) is 5.28. The van der Waals surface area contributed by atoms with Crippen molar-refractivity contribution in [3.8, 4) is 0 Å². The van der Waals surface area contributed by atoms with E-state index in [4.69, 9.17) is 16.3 Å². The summed E-state index contributed by atoms with van der Waals surface area (Å²) in [4.78, 5) is 1.25. The molecule has 1 N–H and O–H groups in total. The molecule has 2 fully saturated rings. The van der Waals surface area contributed by atoms with E-state index in [2.05, 4.69) is 11.4 Å². The number of thiophene rings is 1. The van der Waals surface area contributed by atoms with Gasteiger partial charge in [0.1, 0.15) is 6.10 Å². The van der Waals surface area contributed by atoms with E-state index in [1.807, 2.05) is 6.07 Å². The number of ether oxygens (including phenoxy) is 1. The van der Waals surface area contributed by atoms with Gasteiger partial charge in [-0.3, -0.25) is 0 Å². The van der Waals surface area contributed by atoms with Gasteiger partial charge < -0.3 is 10.1 Å². The minimum absolute atomic E-state index is 0.187. The zero-order valence-corrected chi connectivity index (χ0v) is 11.4. The maximum Gasteiger partial charge on any atom is 0.104 e. The van der Waals surface area contributed by atoms with Gasteiger partial charge in [0.25, 0.3) is 0 Å². The minimum Gasteiger partial charge on any atom is -0.371 e. The first-order chi connectivity index (χ1) is 8.27. The molecule has 0 radical (unpaired) electrons. The molecule has 2 aliphatic rings. The van der Waals surface area contributed by atoms with Crippen LogP contribution in [0.5, 0.6) is 0 Å². The lowest BCUT2D eigenvalue weighted by Gasteiger charge is -2.26. The minimum atomic E-state index is 0.187. The highest BCUT2D eigenvalue weighted by Gasteiger charge is 2.36. The molecule has 1 aromatic heterocycles. The van der Waals surface area contributed by atoms with Crippen LogP contribution in [0.15, 0.2) is 12.1 Å². The summed E-state index contributed by atoms with van der Waals surface area (Å²) in [6, 6.07) is 4.05. The lowest BCUT2D eigenvalue weighted by atomic mass is 9.87. The van der Waals surface area contributed by atoms with E-state index in [1.165, 1.54) is 30.6 Å². The monoisotopic (exact) mass is 271 g/mol. The van der Waals surface area contributed by atoms with Crippen molar-refractivity contribution in [2.45, 2.75) is 31.8 Å². The molecule has 1 spiro atoms. The highest BCUT2D eigenvalue weighted by Crippen LogP contribution is 2.41. The Hall–Kier alpha value is -0.0900. The lowest BCUT2D eigenvalue weighted by Crippen LogP contribution is -2.32. The number of nitrogens with one attached hydrogen (secondary N) is 1. The van der Waals surface area contributed by atoms with Gasteiger partial charge in [-0.25, -0.2) is 0 Å². The van der Waals surface area contributed by atoms with Crippen molar-refractivity contribution < 1.29 is 4.74 Å². The highest BCUT2D eigenvalue weighted by atomic mass is 35.5. The fourth-order valence-electron chi connectivity index (χ4n) is 2.99. The van der Waals surface area contributed by atoms with Crippen LogP contribution in [-0.2, 0) is 4.74 Å². The molecule has 1 saturated heterocycles. The number of hydrogen-bond donors (Lipinski definition) is 1. The summed E-state index contributed by atoms with van der Waals surface area (Å²) in [6.45, 7) is 2.93. The summed E-state index contributed by atoms with van der Waals surface area (Å²) in [5.74, 6) is 0. The van der Waals surface area contributed by atoms with Crippen molar-refractivity contribution in [3.63, 3.8) is 0 Å². The van der Waals surface area contributed by atoms with E-state index in [0.717, 1.165) is 24.0 Å². The first-order valence-corrected chi connectivity index (χ1v) is 7.54. The molecule has 1 aliphatic carbocycles. The topological polar surface area (TPSA) is 21.3 Å².